The van der Waals surface area contributed by atoms with Gasteiger partial charge in [-0.1, -0.05) is 0 Å². The van der Waals surface area contributed by atoms with Crippen molar-refractivity contribution in [1.82, 2.24) is 9.78 Å². The van der Waals surface area contributed by atoms with Gasteiger partial charge in [0.25, 0.3) is 5.91 Å². The van der Waals surface area contributed by atoms with Gasteiger partial charge in [0.15, 0.2) is 5.69 Å². The van der Waals surface area contributed by atoms with E-state index in [9.17, 15) is 9.59 Å². The van der Waals surface area contributed by atoms with E-state index in [1.807, 2.05) is 6.92 Å². The highest BCUT2D eigenvalue weighted by molar-refractivity contribution is 6.02. The first-order valence-electron chi connectivity index (χ1n) is 4.96. The first-order valence-corrected chi connectivity index (χ1v) is 4.96. The van der Waals surface area contributed by atoms with Crippen molar-refractivity contribution in [3.63, 3.8) is 0 Å². The zero-order valence-electron chi connectivity index (χ0n) is 9.34. The van der Waals surface area contributed by atoms with Crippen LogP contribution < -0.4 is 11.5 Å². The Balaban J connectivity index is 3.06. The zero-order chi connectivity index (χ0) is 13.0. The van der Waals surface area contributed by atoms with Gasteiger partial charge in [0.2, 0.25) is 0 Å². The van der Waals surface area contributed by atoms with Crippen molar-refractivity contribution >= 4 is 17.6 Å². The van der Waals surface area contributed by atoms with E-state index >= 15 is 0 Å². The maximum absolute atomic E-state index is 11.2. The van der Waals surface area contributed by atoms with Crippen molar-refractivity contribution in [2.45, 2.75) is 13.5 Å². The SMILES string of the molecule is CCOCCn1nc(C(=O)O)c(N)c1C(N)=O. The average molecular weight is 242 g/mol. The van der Waals surface area contributed by atoms with Crippen molar-refractivity contribution < 1.29 is 19.4 Å². The Morgan fingerprint density at radius 2 is 2.18 bits per heavy atom. The molecule has 0 aliphatic carbocycles. The lowest BCUT2D eigenvalue weighted by Crippen LogP contribution is -2.20. The molecule has 0 aliphatic heterocycles. The summed E-state index contributed by atoms with van der Waals surface area (Å²) in [5, 5.41) is 12.5. The number of carbonyl (C=O) groups excluding carboxylic acids is 1. The van der Waals surface area contributed by atoms with Crippen molar-refractivity contribution in [2.24, 2.45) is 5.73 Å². The summed E-state index contributed by atoms with van der Waals surface area (Å²) in [4.78, 5) is 22.0. The van der Waals surface area contributed by atoms with Crippen molar-refractivity contribution in [3.05, 3.63) is 11.4 Å². The monoisotopic (exact) mass is 242 g/mol. The lowest BCUT2D eigenvalue weighted by molar-refractivity contribution is 0.0689. The number of nitrogens with two attached hydrogens (primary N) is 2. The lowest BCUT2D eigenvalue weighted by atomic mass is 10.3. The molecule has 5 N–H and O–H groups in total. The normalized spacial score (nSPS) is 10.4. The fourth-order valence-electron chi connectivity index (χ4n) is 1.35. The Bertz CT molecular complexity index is 440. The number of aromatic nitrogens is 2. The topological polar surface area (TPSA) is 133 Å². The molecule has 8 heteroatoms. The van der Waals surface area contributed by atoms with Gasteiger partial charge in [-0.05, 0) is 6.92 Å². The number of amides is 1. The van der Waals surface area contributed by atoms with E-state index in [0.29, 0.717) is 6.61 Å². The number of nitrogens with zero attached hydrogens (tertiary/aromatic N) is 2. The van der Waals surface area contributed by atoms with Gasteiger partial charge in [-0.3, -0.25) is 9.48 Å². The van der Waals surface area contributed by atoms with Gasteiger partial charge < -0.3 is 21.3 Å². The van der Waals surface area contributed by atoms with Crippen molar-refractivity contribution in [1.29, 1.82) is 0 Å². The van der Waals surface area contributed by atoms with Crippen LogP contribution in [0.25, 0.3) is 0 Å². The number of rotatable bonds is 6. The second-order valence-electron chi connectivity index (χ2n) is 3.20. The molecule has 8 nitrogen and oxygen atoms in total. The fourth-order valence-corrected chi connectivity index (χ4v) is 1.35. The Labute approximate surface area is 97.1 Å². The van der Waals surface area contributed by atoms with Crippen LogP contribution in [0.1, 0.15) is 27.9 Å². The minimum Gasteiger partial charge on any atom is -0.476 e. The summed E-state index contributed by atoms with van der Waals surface area (Å²) in [7, 11) is 0. The molecule has 0 saturated carbocycles. The number of carboxylic acid groups (broad SMARTS) is 1. The van der Waals surface area contributed by atoms with E-state index < -0.39 is 11.9 Å². The molecule has 94 valence electrons. The molecular weight excluding hydrogens is 228 g/mol. The van der Waals surface area contributed by atoms with Gasteiger partial charge >= 0.3 is 5.97 Å². The number of carboxylic acids is 1. The lowest BCUT2D eigenvalue weighted by Gasteiger charge is -2.04. The minimum absolute atomic E-state index is 0.109. The number of carbonyl (C=O) groups is 2. The van der Waals surface area contributed by atoms with Crippen LogP contribution in [-0.4, -0.2) is 40.0 Å². The summed E-state index contributed by atoms with van der Waals surface area (Å²) < 4.78 is 6.23. The summed E-state index contributed by atoms with van der Waals surface area (Å²) >= 11 is 0. The van der Waals surface area contributed by atoms with Gasteiger partial charge in [0.1, 0.15) is 5.69 Å². The maximum Gasteiger partial charge on any atom is 0.358 e. The molecule has 1 aromatic rings. The molecular formula is C9H14N4O4. The Morgan fingerprint density at radius 3 is 2.65 bits per heavy atom. The number of ether oxygens (including phenoxy) is 1. The molecule has 0 fully saturated rings. The van der Waals surface area contributed by atoms with Crippen LogP contribution in [0.2, 0.25) is 0 Å². The number of aromatic carboxylic acids is 1. The second kappa shape index (κ2) is 5.30. The predicted molar refractivity (Wildman–Crippen MR) is 58.6 cm³/mol. The molecule has 0 bridgehead atoms. The third-order valence-electron chi connectivity index (χ3n) is 2.08. The zero-order valence-corrected chi connectivity index (χ0v) is 9.34. The number of nitrogen functional groups attached to an aromatic ring is 1. The Hall–Kier alpha value is -2.09. The predicted octanol–water partition coefficient (Wildman–Crippen LogP) is -0.701. The largest absolute Gasteiger partial charge is 0.476 e. The van der Waals surface area contributed by atoms with Crippen molar-refractivity contribution in [3.8, 4) is 0 Å². The smallest absolute Gasteiger partial charge is 0.358 e. The molecule has 1 rings (SSSR count). The van der Waals surface area contributed by atoms with Gasteiger partial charge in [-0.15, -0.1) is 0 Å². The van der Waals surface area contributed by atoms with E-state index in [-0.39, 0.29) is 30.2 Å². The summed E-state index contributed by atoms with van der Waals surface area (Å²) in [5.41, 5.74) is 9.91. The highest BCUT2D eigenvalue weighted by atomic mass is 16.5. The third kappa shape index (κ3) is 2.72. The molecule has 1 amide bonds. The fraction of sp³-hybridized carbons (Fsp3) is 0.444. The number of hydrogen-bond donors (Lipinski definition) is 3. The van der Waals surface area contributed by atoms with Gasteiger partial charge in [-0.2, -0.15) is 5.10 Å². The number of primary amides is 1. The maximum atomic E-state index is 11.2. The van der Waals surface area contributed by atoms with E-state index in [1.165, 1.54) is 0 Å². The molecule has 17 heavy (non-hydrogen) atoms. The first-order chi connectivity index (χ1) is 7.99. The van der Waals surface area contributed by atoms with Gasteiger partial charge in [0, 0.05) is 6.61 Å². The van der Waals surface area contributed by atoms with Crippen LogP contribution >= 0.6 is 0 Å². The molecule has 1 aromatic heterocycles. The van der Waals surface area contributed by atoms with Gasteiger partial charge in [-0.25, -0.2) is 4.79 Å². The van der Waals surface area contributed by atoms with Gasteiger partial charge in [0.05, 0.1) is 18.8 Å². The van der Waals surface area contributed by atoms with E-state index in [2.05, 4.69) is 5.10 Å². The number of anilines is 1. The van der Waals surface area contributed by atoms with Crippen LogP contribution in [-0.2, 0) is 11.3 Å². The van der Waals surface area contributed by atoms with Crippen LogP contribution in [0.5, 0.6) is 0 Å². The van der Waals surface area contributed by atoms with Crippen LogP contribution in [0.15, 0.2) is 0 Å². The highest BCUT2D eigenvalue weighted by Gasteiger charge is 2.23. The Morgan fingerprint density at radius 1 is 1.53 bits per heavy atom. The molecule has 0 aliphatic rings. The highest BCUT2D eigenvalue weighted by Crippen LogP contribution is 2.16. The van der Waals surface area contributed by atoms with E-state index in [1.54, 1.807) is 0 Å². The standard InChI is InChI=1S/C9H14N4O4/c1-2-17-4-3-13-7(8(11)14)5(10)6(12-13)9(15)16/h2-4,10H2,1H3,(H2,11,14)(H,15,16). The summed E-state index contributed by atoms with van der Waals surface area (Å²) in [6, 6.07) is 0. The molecule has 0 radical (unpaired) electrons. The van der Waals surface area contributed by atoms with Crippen LogP contribution in [0.3, 0.4) is 0 Å². The van der Waals surface area contributed by atoms with E-state index in [4.69, 9.17) is 21.3 Å². The molecule has 0 unspecified atom stereocenters. The summed E-state index contributed by atoms with van der Waals surface area (Å²) in [6.07, 6.45) is 0. The Kier molecular flexibility index (Phi) is 4.05. The van der Waals surface area contributed by atoms with E-state index in [0.717, 1.165) is 4.68 Å². The third-order valence-corrected chi connectivity index (χ3v) is 2.08. The first kappa shape index (κ1) is 13.0. The molecule has 1 heterocycles. The molecule has 0 saturated heterocycles. The summed E-state index contributed by atoms with van der Waals surface area (Å²) in [5.74, 6) is -2.13. The average Bonchev–Trinajstić information content (AvgIpc) is 2.56. The molecule has 0 spiro atoms. The quantitative estimate of drug-likeness (QED) is 0.565. The minimum atomic E-state index is -1.31. The van der Waals surface area contributed by atoms with Crippen molar-refractivity contribution in [2.75, 3.05) is 18.9 Å². The summed E-state index contributed by atoms with van der Waals surface area (Å²) in [6.45, 7) is 2.82. The van der Waals surface area contributed by atoms with Crippen LogP contribution in [0, 0.1) is 0 Å². The molecule has 0 aromatic carbocycles. The molecule has 0 atom stereocenters. The number of hydrogen-bond acceptors (Lipinski definition) is 5. The van der Waals surface area contributed by atoms with Crippen LogP contribution in [0.4, 0.5) is 5.69 Å². The second-order valence-corrected chi connectivity index (χ2v) is 3.20.